The lowest BCUT2D eigenvalue weighted by Crippen LogP contribution is -1.88. The topological polar surface area (TPSA) is 17.1 Å². The highest BCUT2D eigenvalue weighted by molar-refractivity contribution is 14.1. The molecule has 0 amide bonds. The molecule has 0 aromatic heterocycles. The maximum atomic E-state index is 10.6. The van der Waals surface area contributed by atoms with Gasteiger partial charge in [-0.1, -0.05) is 52.9 Å². The van der Waals surface area contributed by atoms with E-state index in [0.29, 0.717) is 0 Å². The predicted octanol–water partition coefficient (Wildman–Crippen LogP) is 2.94. The number of carbonyl (C=O) groups is 1. The number of benzene rings is 1. The molecule has 0 radical (unpaired) electrons. The molecule has 0 spiro atoms. The Hall–Kier alpha value is -0.380. The third-order valence-electron chi connectivity index (χ3n) is 1.18. The average Bonchev–Trinajstić information content (AvgIpc) is 2.10. The Bertz CT molecular complexity index is 206. The first kappa shape index (κ1) is 10.6. The first-order valence-corrected chi connectivity index (χ1v) is 5.40. The molecule has 1 aromatic carbocycles. The molecule has 2 heteroatoms. The van der Waals surface area contributed by atoms with Crippen LogP contribution in [0.2, 0.25) is 0 Å². The van der Waals surface area contributed by atoms with Crippen LogP contribution in [0.4, 0.5) is 0 Å². The zero-order valence-corrected chi connectivity index (χ0v) is 8.83. The summed E-state index contributed by atoms with van der Waals surface area (Å²) < 4.78 is 0. The second-order valence-corrected chi connectivity index (χ2v) is 1.92. The molecule has 0 aliphatic carbocycles. The van der Waals surface area contributed by atoms with Gasteiger partial charge in [-0.2, -0.15) is 0 Å². The summed E-state index contributed by atoms with van der Waals surface area (Å²) in [4.78, 5) is 12.6. The van der Waals surface area contributed by atoms with Crippen LogP contribution in [0.5, 0.6) is 0 Å². The van der Waals surface area contributed by atoms with Crippen LogP contribution in [0.15, 0.2) is 30.3 Å². The lowest BCUT2D eigenvalue weighted by Gasteiger charge is -1.89. The van der Waals surface area contributed by atoms with Crippen molar-refractivity contribution in [2.24, 2.45) is 0 Å². The standard InChI is InChI=1S/C8H8O.CH3I/c1-7(9)8-5-3-2-4-6-8;1-2/h2-6H,1H3;1H3. The number of alkyl halides is 1. The SMILES string of the molecule is CC(=O)c1ccccc1.CI. The van der Waals surface area contributed by atoms with Gasteiger partial charge in [0.1, 0.15) is 0 Å². The molecule has 0 N–H and O–H groups in total. The molecular weight excluding hydrogens is 251 g/mol. The summed E-state index contributed by atoms with van der Waals surface area (Å²) >= 11 is 2.15. The van der Waals surface area contributed by atoms with Gasteiger partial charge in [0, 0.05) is 5.56 Å². The van der Waals surface area contributed by atoms with Gasteiger partial charge in [0.05, 0.1) is 0 Å². The number of ketones is 1. The van der Waals surface area contributed by atoms with Gasteiger partial charge < -0.3 is 0 Å². The third-order valence-corrected chi connectivity index (χ3v) is 1.18. The fraction of sp³-hybridized carbons (Fsp3) is 0.222. The molecule has 0 heterocycles. The molecule has 0 bridgehead atoms. The fourth-order valence-corrected chi connectivity index (χ4v) is 0.673. The lowest BCUT2D eigenvalue weighted by atomic mass is 10.2. The van der Waals surface area contributed by atoms with Crippen LogP contribution in [0.3, 0.4) is 0 Å². The highest BCUT2D eigenvalue weighted by Gasteiger charge is 1.92. The monoisotopic (exact) mass is 262 g/mol. The Morgan fingerprint density at radius 1 is 1.18 bits per heavy atom. The van der Waals surface area contributed by atoms with Gasteiger partial charge in [0.2, 0.25) is 0 Å². The van der Waals surface area contributed by atoms with Gasteiger partial charge in [-0.3, -0.25) is 4.79 Å². The van der Waals surface area contributed by atoms with Gasteiger partial charge >= 0.3 is 0 Å². The first-order chi connectivity index (χ1) is 5.30. The Kier molecular flexibility index (Phi) is 6.12. The number of halogens is 1. The van der Waals surface area contributed by atoms with Crippen LogP contribution >= 0.6 is 22.6 Å². The number of hydrogen-bond donors (Lipinski definition) is 0. The molecular formula is C9H11IO. The van der Waals surface area contributed by atoms with E-state index in [1.165, 1.54) is 0 Å². The molecule has 60 valence electrons. The van der Waals surface area contributed by atoms with Gasteiger partial charge in [-0.05, 0) is 11.9 Å². The molecule has 0 aliphatic rings. The fourth-order valence-electron chi connectivity index (χ4n) is 0.673. The Morgan fingerprint density at radius 3 is 1.91 bits per heavy atom. The third kappa shape index (κ3) is 4.14. The molecule has 0 aliphatic heterocycles. The molecule has 1 aromatic rings. The maximum absolute atomic E-state index is 10.6. The van der Waals surface area contributed by atoms with Crippen LogP contribution in [0.1, 0.15) is 17.3 Å². The molecule has 11 heavy (non-hydrogen) atoms. The molecule has 0 saturated heterocycles. The van der Waals surface area contributed by atoms with E-state index in [1.54, 1.807) is 6.92 Å². The normalized spacial score (nSPS) is 7.91. The zero-order chi connectivity index (χ0) is 8.69. The second kappa shape index (κ2) is 6.34. The van der Waals surface area contributed by atoms with E-state index in [4.69, 9.17) is 0 Å². The molecule has 1 nitrogen and oxygen atoms in total. The minimum Gasteiger partial charge on any atom is -0.295 e. The minimum atomic E-state index is 0.121. The number of rotatable bonds is 1. The van der Waals surface area contributed by atoms with Crippen molar-refractivity contribution in [3.8, 4) is 0 Å². The summed E-state index contributed by atoms with van der Waals surface area (Å²) in [6.07, 6.45) is 0. The van der Waals surface area contributed by atoms with Gasteiger partial charge in [0.15, 0.2) is 5.78 Å². The summed E-state index contributed by atoms with van der Waals surface area (Å²) in [5.41, 5.74) is 0.775. The van der Waals surface area contributed by atoms with Crippen LogP contribution in [-0.4, -0.2) is 10.7 Å². The van der Waals surface area contributed by atoms with Crippen molar-refractivity contribution in [3.63, 3.8) is 0 Å². The highest BCUT2D eigenvalue weighted by Crippen LogP contribution is 1.97. The first-order valence-electron chi connectivity index (χ1n) is 3.24. The average molecular weight is 262 g/mol. The van der Waals surface area contributed by atoms with Crippen molar-refractivity contribution in [1.29, 1.82) is 0 Å². The van der Waals surface area contributed by atoms with Crippen LogP contribution < -0.4 is 0 Å². The van der Waals surface area contributed by atoms with E-state index < -0.39 is 0 Å². The van der Waals surface area contributed by atoms with E-state index in [9.17, 15) is 4.79 Å². The summed E-state index contributed by atoms with van der Waals surface area (Å²) in [6, 6.07) is 9.23. The van der Waals surface area contributed by atoms with Crippen molar-refractivity contribution in [3.05, 3.63) is 35.9 Å². The van der Waals surface area contributed by atoms with E-state index in [-0.39, 0.29) is 5.78 Å². The van der Waals surface area contributed by atoms with E-state index in [0.717, 1.165) is 5.56 Å². The van der Waals surface area contributed by atoms with E-state index in [1.807, 2.05) is 35.3 Å². The Balaban J connectivity index is 0.000000461. The van der Waals surface area contributed by atoms with Crippen LogP contribution in [0.25, 0.3) is 0 Å². The van der Waals surface area contributed by atoms with E-state index in [2.05, 4.69) is 22.6 Å². The van der Waals surface area contributed by atoms with Gasteiger partial charge in [-0.25, -0.2) is 0 Å². The van der Waals surface area contributed by atoms with Gasteiger partial charge in [0.25, 0.3) is 0 Å². The summed E-state index contributed by atoms with van der Waals surface area (Å²) in [5, 5.41) is 0. The quantitative estimate of drug-likeness (QED) is 0.432. The molecule has 0 unspecified atom stereocenters. The van der Waals surface area contributed by atoms with Crippen molar-refractivity contribution in [2.75, 3.05) is 4.93 Å². The maximum Gasteiger partial charge on any atom is 0.159 e. The number of hydrogen-bond acceptors (Lipinski definition) is 1. The largest absolute Gasteiger partial charge is 0.295 e. The van der Waals surface area contributed by atoms with Crippen LogP contribution in [-0.2, 0) is 0 Å². The van der Waals surface area contributed by atoms with Crippen molar-refractivity contribution in [2.45, 2.75) is 6.92 Å². The van der Waals surface area contributed by atoms with Crippen molar-refractivity contribution >= 4 is 28.4 Å². The Morgan fingerprint density at radius 2 is 1.64 bits per heavy atom. The number of Topliss-reactive ketones (excluding diaryl/α,β-unsaturated/α-hetero) is 1. The van der Waals surface area contributed by atoms with Crippen molar-refractivity contribution < 1.29 is 4.79 Å². The number of carbonyl (C=O) groups excluding carboxylic acids is 1. The molecule has 0 saturated carbocycles. The lowest BCUT2D eigenvalue weighted by molar-refractivity contribution is 0.101. The van der Waals surface area contributed by atoms with Crippen molar-refractivity contribution in [1.82, 2.24) is 0 Å². The minimum absolute atomic E-state index is 0.121. The molecule has 0 fully saturated rings. The van der Waals surface area contributed by atoms with E-state index >= 15 is 0 Å². The summed E-state index contributed by atoms with van der Waals surface area (Å²) in [5.74, 6) is 0.121. The Labute approximate surface area is 81.0 Å². The second-order valence-electron chi connectivity index (χ2n) is 1.92. The predicted molar refractivity (Wildman–Crippen MR) is 56.4 cm³/mol. The zero-order valence-electron chi connectivity index (χ0n) is 6.67. The molecule has 0 atom stereocenters. The smallest absolute Gasteiger partial charge is 0.159 e. The summed E-state index contributed by atoms with van der Waals surface area (Å²) in [6.45, 7) is 1.56. The molecule has 1 rings (SSSR count). The van der Waals surface area contributed by atoms with Crippen LogP contribution in [0, 0.1) is 0 Å². The highest BCUT2D eigenvalue weighted by atomic mass is 127. The van der Waals surface area contributed by atoms with Gasteiger partial charge in [-0.15, -0.1) is 0 Å². The summed E-state index contributed by atoms with van der Waals surface area (Å²) in [7, 11) is 0.